The molecule has 0 spiro atoms. The number of fused-ring (bicyclic) bond motifs is 1. The molecular formula is C15H18ClN3S. The number of nitrogens with zero attached hydrogens (tertiary/aromatic N) is 2. The van der Waals surface area contributed by atoms with E-state index in [9.17, 15) is 0 Å². The fraction of sp³-hybridized carbons (Fsp3) is 0.533. The molecule has 3 atom stereocenters. The van der Waals surface area contributed by atoms with Crippen LogP contribution in [-0.4, -0.2) is 15.6 Å². The smallest absolute Gasteiger partial charge is 0.0949 e. The molecular weight excluding hydrogens is 290 g/mol. The highest BCUT2D eigenvalue weighted by Gasteiger charge is 2.33. The number of nitrogens with one attached hydrogen (secondary N) is 1. The molecule has 2 aliphatic carbocycles. The zero-order valence-corrected chi connectivity index (χ0v) is 12.8. The maximum atomic E-state index is 6.15. The zero-order chi connectivity index (χ0) is 13.5. The Bertz CT molecular complexity index is 592. The van der Waals surface area contributed by atoms with Gasteiger partial charge in [-0.05, 0) is 43.7 Å². The van der Waals surface area contributed by atoms with E-state index < -0.39 is 0 Å². The highest BCUT2D eigenvalue weighted by molar-refractivity contribution is 7.16. The molecule has 0 amide bonds. The Morgan fingerprint density at radius 2 is 2.30 bits per heavy atom. The van der Waals surface area contributed by atoms with Crippen LogP contribution >= 0.6 is 22.9 Å². The van der Waals surface area contributed by atoms with Gasteiger partial charge < -0.3 is 9.88 Å². The number of aromatic nitrogens is 2. The number of thiophene rings is 1. The molecule has 2 aromatic heterocycles. The van der Waals surface area contributed by atoms with Gasteiger partial charge in [-0.15, -0.1) is 11.3 Å². The topological polar surface area (TPSA) is 29.9 Å². The third kappa shape index (κ3) is 2.20. The predicted octanol–water partition coefficient (Wildman–Crippen LogP) is 3.97. The summed E-state index contributed by atoms with van der Waals surface area (Å²) in [5, 5.41) is 3.89. The van der Waals surface area contributed by atoms with Gasteiger partial charge in [-0.1, -0.05) is 11.6 Å². The van der Waals surface area contributed by atoms with E-state index in [1.54, 1.807) is 11.3 Å². The van der Waals surface area contributed by atoms with Crippen molar-refractivity contribution in [1.82, 2.24) is 14.9 Å². The van der Waals surface area contributed by atoms with E-state index in [4.69, 9.17) is 11.6 Å². The second-order valence-corrected chi connectivity index (χ2v) is 7.57. The van der Waals surface area contributed by atoms with Crippen molar-refractivity contribution >= 4 is 22.9 Å². The summed E-state index contributed by atoms with van der Waals surface area (Å²) in [5.74, 6) is 0. The van der Waals surface area contributed by atoms with Crippen molar-refractivity contribution in [2.45, 2.75) is 50.2 Å². The summed E-state index contributed by atoms with van der Waals surface area (Å²) in [7, 11) is 0. The van der Waals surface area contributed by atoms with Crippen molar-refractivity contribution in [2.24, 2.45) is 0 Å². The van der Waals surface area contributed by atoms with Gasteiger partial charge in [0.1, 0.15) is 0 Å². The molecule has 0 aliphatic heterocycles. The van der Waals surface area contributed by atoms with Gasteiger partial charge in [-0.25, -0.2) is 4.98 Å². The van der Waals surface area contributed by atoms with Gasteiger partial charge in [0.05, 0.1) is 10.7 Å². The maximum absolute atomic E-state index is 6.15. The van der Waals surface area contributed by atoms with Gasteiger partial charge in [-0.2, -0.15) is 0 Å². The molecule has 1 saturated carbocycles. The Hall–Kier alpha value is -0.840. The van der Waals surface area contributed by atoms with Crippen molar-refractivity contribution in [2.75, 3.05) is 0 Å². The van der Waals surface area contributed by atoms with Crippen molar-refractivity contribution in [3.05, 3.63) is 39.6 Å². The normalized spacial score (nSPS) is 28.9. The molecule has 3 nitrogen and oxygen atoms in total. The van der Waals surface area contributed by atoms with Crippen LogP contribution in [0.4, 0.5) is 0 Å². The van der Waals surface area contributed by atoms with E-state index in [1.807, 2.05) is 12.5 Å². The molecule has 3 unspecified atom stereocenters. The number of imidazole rings is 1. The summed E-state index contributed by atoms with van der Waals surface area (Å²) in [6.45, 7) is 0. The first-order valence-electron chi connectivity index (χ1n) is 7.33. The van der Waals surface area contributed by atoms with Crippen molar-refractivity contribution in [3.8, 4) is 0 Å². The van der Waals surface area contributed by atoms with Crippen LogP contribution in [0.2, 0.25) is 4.34 Å². The lowest BCUT2D eigenvalue weighted by Gasteiger charge is -2.26. The number of halogens is 1. The SMILES string of the molecule is Clc1cc2c(s1)CCC2NC1CCCC1n1ccnc1. The van der Waals surface area contributed by atoms with Crippen LogP contribution in [0.25, 0.3) is 0 Å². The monoisotopic (exact) mass is 307 g/mol. The Morgan fingerprint density at radius 3 is 3.15 bits per heavy atom. The maximum Gasteiger partial charge on any atom is 0.0949 e. The van der Waals surface area contributed by atoms with E-state index in [0.717, 1.165) is 4.34 Å². The predicted molar refractivity (Wildman–Crippen MR) is 82.4 cm³/mol. The van der Waals surface area contributed by atoms with E-state index in [-0.39, 0.29) is 0 Å². The number of aryl methyl sites for hydroxylation is 1. The molecule has 106 valence electrons. The van der Waals surface area contributed by atoms with Crippen LogP contribution < -0.4 is 5.32 Å². The molecule has 2 aromatic rings. The lowest BCUT2D eigenvalue weighted by molar-refractivity contribution is 0.352. The van der Waals surface area contributed by atoms with Crippen LogP contribution in [0.15, 0.2) is 24.8 Å². The second-order valence-electron chi connectivity index (χ2n) is 5.80. The Kier molecular flexibility index (Phi) is 3.33. The Morgan fingerprint density at radius 1 is 1.35 bits per heavy atom. The van der Waals surface area contributed by atoms with Crippen molar-refractivity contribution < 1.29 is 0 Å². The van der Waals surface area contributed by atoms with Crippen LogP contribution in [0, 0.1) is 0 Å². The number of hydrogen-bond donors (Lipinski definition) is 1. The fourth-order valence-corrected chi connectivity index (χ4v) is 5.08. The average molecular weight is 308 g/mol. The van der Waals surface area contributed by atoms with Crippen molar-refractivity contribution in [3.63, 3.8) is 0 Å². The van der Waals surface area contributed by atoms with Gasteiger partial charge >= 0.3 is 0 Å². The molecule has 2 heterocycles. The first-order chi connectivity index (χ1) is 9.81. The second kappa shape index (κ2) is 5.17. The summed E-state index contributed by atoms with van der Waals surface area (Å²) in [5.41, 5.74) is 1.44. The fourth-order valence-electron chi connectivity index (χ4n) is 3.72. The average Bonchev–Trinajstić information content (AvgIpc) is 3.15. The first-order valence-corrected chi connectivity index (χ1v) is 8.52. The first kappa shape index (κ1) is 12.9. The highest BCUT2D eigenvalue weighted by atomic mass is 35.5. The molecule has 20 heavy (non-hydrogen) atoms. The van der Waals surface area contributed by atoms with Gasteiger partial charge in [-0.3, -0.25) is 0 Å². The van der Waals surface area contributed by atoms with Gasteiger partial charge in [0.15, 0.2) is 0 Å². The summed E-state index contributed by atoms with van der Waals surface area (Å²) < 4.78 is 3.19. The Labute approximate surface area is 128 Å². The molecule has 0 saturated heterocycles. The molecule has 0 radical (unpaired) electrons. The van der Waals surface area contributed by atoms with E-state index in [1.165, 1.54) is 42.5 Å². The van der Waals surface area contributed by atoms with Gasteiger partial charge in [0.2, 0.25) is 0 Å². The van der Waals surface area contributed by atoms with Crippen molar-refractivity contribution in [1.29, 1.82) is 0 Å². The van der Waals surface area contributed by atoms with Gasteiger partial charge in [0, 0.05) is 35.4 Å². The quantitative estimate of drug-likeness (QED) is 0.930. The minimum Gasteiger partial charge on any atom is -0.333 e. The summed E-state index contributed by atoms with van der Waals surface area (Å²) in [4.78, 5) is 5.67. The van der Waals surface area contributed by atoms with E-state index in [2.05, 4.69) is 27.1 Å². The van der Waals surface area contributed by atoms with Crippen LogP contribution in [0.3, 0.4) is 0 Å². The summed E-state index contributed by atoms with van der Waals surface area (Å²) in [6, 6.07) is 3.75. The Balaban J connectivity index is 1.52. The number of rotatable bonds is 3. The van der Waals surface area contributed by atoms with Gasteiger partial charge in [0.25, 0.3) is 0 Å². The van der Waals surface area contributed by atoms with Crippen LogP contribution in [-0.2, 0) is 6.42 Å². The zero-order valence-electron chi connectivity index (χ0n) is 11.3. The largest absolute Gasteiger partial charge is 0.333 e. The third-order valence-corrected chi connectivity index (χ3v) is 5.99. The lowest BCUT2D eigenvalue weighted by atomic mass is 10.1. The standard InChI is InChI=1S/C15H18ClN3S/c16-15-8-10-11(4-5-14(10)20-15)18-12-2-1-3-13(12)19-7-6-17-9-19/h6-9,11-13,18H,1-5H2. The molecule has 2 aliphatic rings. The van der Waals surface area contributed by atoms with E-state index >= 15 is 0 Å². The lowest BCUT2D eigenvalue weighted by Crippen LogP contribution is -2.35. The molecule has 1 fully saturated rings. The molecule has 0 aromatic carbocycles. The molecule has 4 rings (SSSR count). The van der Waals surface area contributed by atoms with E-state index in [0.29, 0.717) is 18.1 Å². The molecule has 1 N–H and O–H groups in total. The minimum absolute atomic E-state index is 0.489. The van der Waals surface area contributed by atoms with Crippen LogP contribution in [0.5, 0.6) is 0 Å². The summed E-state index contributed by atoms with van der Waals surface area (Å²) in [6.07, 6.45) is 12.1. The minimum atomic E-state index is 0.489. The molecule has 5 heteroatoms. The summed E-state index contributed by atoms with van der Waals surface area (Å²) >= 11 is 7.90. The van der Waals surface area contributed by atoms with Crippen LogP contribution in [0.1, 0.15) is 48.2 Å². The third-order valence-electron chi connectivity index (χ3n) is 4.65. The molecule has 0 bridgehead atoms. The number of hydrogen-bond acceptors (Lipinski definition) is 3. The highest BCUT2D eigenvalue weighted by Crippen LogP contribution is 2.41.